The molecule has 126 valence electrons. The van der Waals surface area contributed by atoms with Crippen molar-refractivity contribution in [2.75, 3.05) is 20.2 Å². The van der Waals surface area contributed by atoms with Gasteiger partial charge in [-0.3, -0.25) is 4.79 Å². The Morgan fingerprint density at radius 1 is 1.17 bits per heavy atom. The summed E-state index contributed by atoms with van der Waals surface area (Å²) in [6.45, 7) is 3.25. The minimum atomic E-state index is -0.0435. The summed E-state index contributed by atoms with van der Waals surface area (Å²) >= 11 is 0. The Labute approximate surface area is 143 Å². The normalized spacial score (nSPS) is 16.3. The van der Waals surface area contributed by atoms with Crippen LogP contribution in [0.25, 0.3) is 0 Å². The van der Waals surface area contributed by atoms with Crippen LogP contribution in [0.5, 0.6) is 5.75 Å². The minimum absolute atomic E-state index is 0.0354. The molecule has 0 aromatic heterocycles. The van der Waals surface area contributed by atoms with Crippen LogP contribution >= 0.6 is 0 Å². The van der Waals surface area contributed by atoms with E-state index < -0.39 is 0 Å². The third kappa shape index (κ3) is 4.15. The molecule has 1 amide bonds. The number of carbonyl (C=O) groups excluding carboxylic acids is 1. The first kappa shape index (κ1) is 16.5. The number of likely N-dealkylation sites (N-methyl/N-ethyl adjacent to an activating group) is 1. The van der Waals surface area contributed by atoms with Crippen molar-refractivity contribution in [2.24, 2.45) is 0 Å². The van der Waals surface area contributed by atoms with Crippen LogP contribution < -0.4 is 4.74 Å². The molecule has 0 aliphatic carbocycles. The van der Waals surface area contributed by atoms with Gasteiger partial charge in [0.2, 0.25) is 0 Å². The first-order chi connectivity index (χ1) is 11.6. The second-order valence-electron chi connectivity index (χ2n) is 6.28. The number of carbonyl (C=O) groups is 1. The second-order valence-corrected chi connectivity index (χ2v) is 6.28. The lowest BCUT2D eigenvalue weighted by Crippen LogP contribution is -2.40. The van der Waals surface area contributed by atoms with E-state index in [1.54, 1.807) is 11.9 Å². The standard InChI is InChI=1S/C20H23NO3/c1-15-7-9-18(10-8-15)24-14-20(22)21(2)12-19-11-16-5-3-4-6-17(16)13-23-19/h3-10,19H,11-14H2,1-2H3. The number of aryl methyl sites for hydroxylation is 1. The summed E-state index contributed by atoms with van der Waals surface area (Å²) in [7, 11) is 1.80. The van der Waals surface area contributed by atoms with Gasteiger partial charge in [0.15, 0.2) is 6.61 Å². The molecule has 0 saturated carbocycles. The molecule has 1 unspecified atom stereocenters. The Kier molecular flexibility index (Phi) is 5.16. The topological polar surface area (TPSA) is 38.8 Å². The molecule has 24 heavy (non-hydrogen) atoms. The van der Waals surface area contributed by atoms with Crippen LogP contribution in [-0.4, -0.2) is 37.1 Å². The van der Waals surface area contributed by atoms with Crippen molar-refractivity contribution in [3.63, 3.8) is 0 Å². The van der Waals surface area contributed by atoms with Gasteiger partial charge in [0.25, 0.3) is 5.91 Å². The molecule has 0 N–H and O–H groups in total. The molecular weight excluding hydrogens is 302 g/mol. The maximum Gasteiger partial charge on any atom is 0.260 e. The lowest BCUT2D eigenvalue weighted by molar-refractivity contribution is -0.134. The number of hydrogen-bond acceptors (Lipinski definition) is 3. The number of benzene rings is 2. The van der Waals surface area contributed by atoms with Gasteiger partial charge in [0, 0.05) is 20.0 Å². The van der Waals surface area contributed by atoms with Crippen molar-refractivity contribution in [3.8, 4) is 5.75 Å². The van der Waals surface area contributed by atoms with E-state index in [9.17, 15) is 4.79 Å². The smallest absolute Gasteiger partial charge is 0.260 e. The van der Waals surface area contributed by atoms with Crippen molar-refractivity contribution >= 4 is 5.91 Å². The van der Waals surface area contributed by atoms with Crippen LogP contribution in [0, 0.1) is 6.92 Å². The summed E-state index contributed by atoms with van der Waals surface area (Å²) in [5.74, 6) is 0.670. The summed E-state index contributed by atoms with van der Waals surface area (Å²) in [5.41, 5.74) is 3.72. The van der Waals surface area contributed by atoms with Crippen LogP contribution in [0.2, 0.25) is 0 Å². The molecule has 2 aromatic rings. The van der Waals surface area contributed by atoms with Crippen molar-refractivity contribution < 1.29 is 14.3 Å². The lowest BCUT2D eigenvalue weighted by Gasteiger charge is -2.29. The monoisotopic (exact) mass is 325 g/mol. The molecule has 1 atom stereocenters. The minimum Gasteiger partial charge on any atom is -0.484 e. The number of rotatable bonds is 5. The fourth-order valence-electron chi connectivity index (χ4n) is 2.82. The third-order valence-corrected chi connectivity index (χ3v) is 4.33. The number of fused-ring (bicyclic) bond motifs is 1. The van der Waals surface area contributed by atoms with Gasteiger partial charge >= 0.3 is 0 Å². The van der Waals surface area contributed by atoms with Crippen molar-refractivity contribution in [3.05, 3.63) is 65.2 Å². The van der Waals surface area contributed by atoms with Crippen LogP contribution in [-0.2, 0) is 22.6 Å². The van der Waals surface area contributed by atoms with E-state index in [1.807, 2.05) is 43.3 Å². The fraction of sp³-hybridized carbons (Fsp3) is 0.350. The van der Waals surface area contributed by atoms with E-state index in [4.69, 9.17) is 9.47 Å². The molecule has 2 aromatic carbocycles. The highest BCUT2D eigenvalue weighted by Crippen LogP contribution is 2.20. The molecule has 4 nitrogen and oxygen atoms in total. The third-order valence-electron chi connectivity index (χ3n) is 4.33. The quantitative estimate of drug-likeness (QED) is 0.848. The number of amides is 1. The number of hydrogen-bond donors (Lipinski definition) is 0. The molecule has 0 bridgehead atoms. The molecular formula is C20H23NO3. The van der Waals surface area contributed by atoms with Crippen LogP contribution in [0.4, 0.5) is 0 Å². The van der Waals surface area contributed by atoms with Gasteiger partial charge in [0.05, 0.1) is 12.7 Å². The molecule has 4 heteroatoms. The molecule has 1 heterocycles. The van der Waals surface area contributed by atoms with E-state index in [1.165, 1.54) is 16.7 Å². The Morgan fingerprint density at radius 3 is 2.62 bits per heavy atom. The average Bonchev–Trinajstić information content (AvgIpc) is 2.61. The van der Waals surface area contributed by atoms with Gasteiger partial charge < -0.3 is 14.4 Å². The molecule has 0 spiro atoms. The molecule has 0 fully saturated rings. The average molecular weight is 325 g/mol. The maximum absolute atomic E-state index is 12.2. The van der Waals surface area contributed by atoms with E-state index in [0.717, 1.165) is 6.42 Å². The van der Waals surface area contributed by atoms with Gasteiger partial charge in [0.1, 0.15) is 5.75 Å². The van der Waals surface area contributed by atoms with Crippen molar-refractivity contribution in [1.29, 1.82) is 0 Å². The largest absolute Gasteiger partial charge is 0.484 e. The highest BCUT2D eigenvalue weighted by atomic mass is 16.5. The molecule has 1 aliphatic rings. The van der Waals surface area contributed by atoms with Gasteiger partial charge in [-0.25, -0.2) is 0 Å². The van der Waals surface area contributed by atoms with Gasteiger partial charge in [-0.05, 0) is 30.2 Å². The molecule has 0 radical (unpaired) electrons. The summed E-state index contributed by atoms with van der Waals surface area (Å²) in [6, 6.07) is 16.0. The summed E-state index contributed by atoms with van der Waals surface area (Å²) < 4.78 is 11.4. The molecule has 1 aliphatic heterocycles. The first-order valence-corrected chi connectivity index (χ1v) is 8.23. The van der Waals surface area contributed by atoms with E-state index >= 15 is 0 Å². The molecule has 0 saturated heterocycles. The van der Waals surface area contributed by atoms with Crippen LogP contribution in [0.3, 0.4) is 0 Å². The summed E-state index contributed by atoms with van der Waals surface area (Å²) in [6.07, 6.45) is 0.875. The van der Waals surface area contributed by atoms with Crippen LogP contribution in [0.15, 0.2) is 48.5 Å². The Hall–Kier alpha value is -2.33. The van der Waals surface area contributed by atoms with Crippen molar-refractivity contribution in [2.45, 2.75) is 26.1 Å². The zero-order valence-electron chi connectivity index (χ0n) is 14.2. The lowest BCUT2D eigenvalue weighted by atomic mass is 9.99. The second kappa shape index (κ2) is 7.49. The molecule has 3 rings (SSSR count). The predicted octanol–water partition coefficient (Wildman–Crippen LogP) is 2.97. The van der Waals surface area contributed by atoms with Gasteiger partial charge in [-0.1, -0.05) is 42.0 Å². The van der Waals surface area contributed by atoms with Crippen LogP contribution in [0.1, 0.15) is 16.7 Å². The first-order valence-electron chi connectivity index (χ1n) is 8.23. The Morgan fingerprint density at radius 2 is 1.88 bits per heavy atom. The predicted molar refractivity (Wildman–Crippen MR) is 93.0 cm³/mol. The highest BCUT2D eigenvalue weighted by Gasteiger charge is 2.22. The Bertz CT molecular complexity index is 696. The SMILES string of the molecule is Cc1ccc(OCC(=O)N(C)CC2Cc3ccccc3CO2)cc1. The van der Waals surface area contributed by atoms with Gasteiger partial charge in [-0.15, -0.1) is 0 Å². The fourth-order valence-corrected chi connectivity index (χ4v) is 2.82. The van der Waals surface area contributed by atoms with E-state index in [2.05, 4.69) is 12.1 Å². The van der Waals surface area contributed by atoms with E-state index in [0.29, 0.717) is 18.9 Å². The number of nitrogens with zero attached hydrogens (tertiary/aromatic N) is 1. The highest BCUT2D eigenvalue weighted by molar-refractivity contribution is 5.77. The van der Waals surface area contributed by atoms with E-state index in [-0.39, 0.29) is 18.6 Å². The van der Waals surface area contributed by atoms with Crippen molar-refractivity contribution in [1.82, 2.24) is 4.90 Å². The maximum atomic E-state index is 12.2. The zero-order chi connectivity index (χ0) is 16.9. The summed E-state index contributed by atoms with van der Waals surface area (Å²) in [5, 5.41) is 0. The number of ether oxygens (including phenoxy) is 2. The zero-order valence-corrected chi connectivity index (χ0v) is 14.2. The Balaban J connectivity index is 1.49. The van der Waals surface area contributed by atoms with Gasteiger partial charge in [-0.2, -0.15) is 0 Å². The summed E-state index contributed by atoms with van der Waals surface area (Å²) in [4.78, 5) is 13.9.